The molecule has 1 aromatic rings. The molecule has 1 aromatic heterocycles. The van der Waals surface area contributed by atoms with E-state index in [1.165, 1.54) is 6.33 Å². The van der Waals surface area contributed by atoms with E-state index < -0.39 is 4.92 Å². The first-order valence-corrected chi connectivity index (χ1v) is 6.62. The van der Waals surface area contributed by atoms with Gasteiger partial charge in [-0.25, -0.2) is 0 Å². The van der Waals surface area contributed by atoms with Gasteiger partial charge in [0.1, 0.15) is 0 Å². The maximum absolute atomic E-state index is 10.9. The first kappa shape index (κ1) is 13.8. The lowest BCUT2D eigenvalue weighted by molar-refractivity contribution is -0.388. The topological polar surface area (TPSA) is 76.2 Å². The Morgan fingerprint density at radius 2 is 2.37 bits per heavy atom. The zero-order valence-corrected chi connectivity index (χ0v) is 11.7. The molecule has 0 aromatic carbocycles. The lowest BCUT2D eigenvalue weighted by Crippen LogP contribution is -2.29. The van der Waals surface area contributed by atoms with Crippen molar-refractivity contribution in [2.24, 2.45) is 13.0 Å². The molecule has 19 heavy (non-hydrogen) atoms. The van der Waals surface area contributed by atoms with Crippen LogP contribution < -0.4 is 5.32 Å². The van der Waals surface area contributed by atoms with Gasteiger partial charge in [-0.05, 0) is 42.6 Å². The van der Waals surface area contributed by atoms with Gasteiger partial charge in [-0.15, -0.1) is 0 Å². The zero-order chi connectivity index (χ0) is 14.0. The van der Waals surface area contributed by atoms with Crippen molar-refractivity contribution in [1.82, 2.24) is 14.5 Å². The summed E-state index contributed by atoms with van der Waals surface area (Å²) in [6.07, 6.45) is 2.60. The van der Waals surface area contributed by atoms with Crippen LogP contribution in [0.15, 0.2) is 6.33 Å². The monoisotopic (exact) mass is 267 g/mol. The van der Waals surface area contributed by atoms with Crippen molar-refractivity contribution in [1.29, 1.82) is 0 Å². The van der Waals surface area contributed by atoms with Crippen molar-refractivity contribution in [3.05, 3.63) is 16.4 Å². The van der Waals surface area contributed by atoms with Gasteiger partial charge in [0.2, 0.25) is 12.1 Å². The third-order valence-electron chi connectivity index (χ3n) is 3.70. The lowest BCUT2D eigenvalue weighted by atomic mass is 10.1. The van der Waals surface area contributed by atoms with Gasteiger partial charge in [0, 0.05) is 26.2 Å². The quantitative estimate of drug-likeness (QED) is 0.646. The van der Waals surface area contributed by atoms with Gasteiger partial charge < -0.3 is 20.3 Å². The standard InChI is InChI=1S/C12H21N5O2/c1-9(2)16-5-4-10(7-16)6-13-11-12(17(18)19)14-8-15(11)3/h8-10,13H,4-7H2,1-3H3. The summed E-state index contributed by atoms with van der Waals surface area (Å²) in [6.45, 7) is 7.31. The molecule has 0 bridgehead atoms. The Morgan fingerprint density at radius 1 is 1.63 bits per heavy atom. The number of nitrogens with zero attached hydrogens (tertiary/aromatic N) is 4. The Bertz CT molecular complexity index is 457. The van der Waals surface area contributed by atoms with Crippen LogP contribution in [0.5, 0.6) is 0 Å². The molecular weight excluding hydrogens is 246 g/mol. The third kappa shape index (κ3) is 3.04. The summed E-state index contributed by atoms with van der Waals surface area (Å²) in [5, 5.41) is 14.0. The molecule has 1 unspecified atom stereocenters. The second-order valence-corrected chi connectivity index (χ2v) is 5.41. The minimum absolute atomic E-state index is 0.0961. The summed E-state index contributed by atoms with van der Waals surface area (Å²) in [6, 6.07) is 0.566. The minimum atomic E-state index is -0.447. The summed E-state index contributed by atoms with van der Waals surface area (Å²) >= 11 is 0. The number of nitro groups is 1. The predicted octanol–water partition coefficient (Wildman–Crippen LogP) is 1.47. The molecule has 106 valence electrons. The Hall–Kier alpha value is -1.63. The number of likely N-dealkylation sites (tertiary alicyclic amines) is 1. The number of hydrogen-bond donors (Lipinski definition) is 1. The molecule has 1 N–H and O–H groups in total. The van der Waals surface area contributed by atoms with Crippen molar-refractivity contribution in [3.63, 3.8) is 0 Å². The van der Waals surface area contributed by atoms with Crippen molar-refractivity contribution >= 4 is 11.6 Å². The highest BCUT2D eigenvalue weighted by molar-refractivity contribution is 5.51. The Morgan fingerprint density at radius 3 is 2.95 bits per heavy atom. The van der Waals surface area contributed by atoms with Gasteiger partial charge in [0.05, 0.1) is 0 Å². The Balaban J connectivity index is 1.93. The predicted molar refractivity (Wildman–Crippen MR) is 73.2 cm³/mol. The average Bonchev–Trinajstić information content (AvgIpc) is 2.93. The fourth-order valence-corrected chi connectivity index (χ4v) is 2.49. The molecule has 1 saturated heterocycles. The molecule has 2 heterocycles. The molecule has 0 spiro atoms. The van der Waals surface area contributed by atoms with Crippen LogP contribution in [0.4, 0.5) is 11.6 Å². The number of hydrogen-bond acceptors (Lipinski definition) is 5. The Kier molecular flexibility index (Phi) is 4.04. The van der Waals surface area contributed by atoms with E-state index in [1.807, 2.05) is 0 Å². The molecule has 2 rings (SSSR count). The molecule has 0 saturated carbocycles. The van der Waals surface area contributed by atoms with Gasteiger partial charge in [0.15, 0.2) is 0 Å². The highest BCUT2D eigenvalue weighted by Gasteiger charge is 2.26. The molecule has 1 aliphatic rings. The van der Waals surface area contributed by atoms with E-state index in [1.54, 1.807) is 11.6 Å². The van der Waals surface area contributed by atoms with Crippen LogP contribution >= 0.6 is 0 Å². The molecule has 7 nitrogen and oxygen atoms in total. The van der Waals surface area contributed by atoms with Crippen molar-refractivity contribution in [2.45, 2.75) is 26.3 Å². The molecule has 0 amide bonds. The lowest BCUT2D eigenvalue weighted by Gasteiger charge is -2.20. The van der Waals surface area contributed by atoms with E-state index in [0.717, 1.165) is 26.1 Å². The normalized spacial score (nSPS) is 20.1. The van der Waals surface area contributed by atoms with E-state index >= 15 is 0 Å². The second kappa shape index (κ2) is 5.56. The van der Waals surface area contributed by atoms with Crippen LogP contribution in [0.25, 0.3) is 0 Å². The van der Waals surface area contributed by atoms with E-state index in [-0.39, 0.29) is 5.82 Å². The Labute approximate surface area is 112 Å². The van der Waals surface area contributed by atoms with Crippen LogP contribution in [-0.2, 0) is 7.05 Å². The van der Waals surface area contributed by atoms with Crippen LogP contribution in [0.2, 0.25) is 0 Å². The van der Waals surface area contributed by atoms with Gasteiger partial charge in [0.25, 0.3) is 0 Å². The van der Waals surface area contributed by atoms with Gasteiger partial charge in [-0.3, -0.25) is 4.57 Å². The first-order chi connectivity index (χ1) is 8.99. The molecule has 1 atom stereocenters. The summed E-state index contributed by atoms with van der Waals surface area (Å²) < 4.78 is 1.66. The minimum Gasteiger partial charge on any atom is -0.364 e. The maximum atomic E-state index is 10.9. The van der Waals surface area contributed by atoms with Crippen molar-refractivity contribution < 1.29 is 4.92 Å². The SMILES string of the molecule is CC(C)N1CCC(CNc2c([N+](=O)[O-])ncn2C)C1. The third-order valence-corrected chi connectivity index (χ3v) is 3.70. The fraction of sp³-hybridized carbons (Fsp3) is 0.750. The number of nitrogens with one attached hydrogen (secondary N) is 1. The highest BCUT2D eigenvalue weighted by Crippen LogP contribution is 2.23. The van der Waals surface area contributed by atoms with Crippen molar-refractivity contribution in [2.75, 3.05) is 25.0 Å². The van der Waals surface area contributed by atoms with E-state index in [2.05, 4.69) is 29.0 Å². The number of rotatable bonds is 5. The van der Waals surface area contributed by atoms with Crippen LogP contribution in [0, 0.1) is 16.0 Å². The molecule has 1 fully saturated rings. The van der Waals surface area contributed by atoms with Gasteiger partial charge in [-0.1, -0.05) is 0 Å². The summed E-state index contributed by atoms with van der Waals surface area (Å²) in [4.78, 5) is 16.6. The van der Waals surface area contributed by atoms with Crippen molar-refractivity contribution in [3.8, 4) is 0 Å². The smallest absolute Gasteiger partial charge is 0.364 e. The summed E-state index contributed by atoms with van der Waals surface area (Å²) in [5.41, 5.74) is 0. The van der Waals surface area contributed by atoms with E-state index in [0.29, 0.717) is 17.8 Å². The average molecular weight is 267 g/mol. The summed E-state index contributed by atoms with van der Waals surface area (Å²) in [5.74, 6) is 0.936. The summed E-state index contributed by atoms with van der Waals surface area (Å²) in [7, 11) is 1.76. The van der Waals surface area contributed by atoms with Crippen LogP contribution in [-0.4, -0.2) is 45.1 Å². The van der Waals surface area contributed by atoms with Crippen LogP contribution in [0.1, 0.15) is 20.3 Å². The number of aromatic nitrogens is 2. The fourth-order valence-electron chi connectivity index (χ4n) is 2.49. The highest BCUT2D eigenvalue weighted by atomic mass is 16.6. The maximum Gasteiger partial charge on any atom is 0.406 e. The van der Waals surface area contributed by atoms with E-state index in [9.17, 15) is 10.1 Å². The number of anilines is 1. The number of aryl methyl sites for hydroxylation is 1. The van der Waals surface area contributed by atoms with Gasteiger partial charge in [-0.2, -0.15) is 0 Å². The van der Waals surface area contributed by atoms with Crippen LogP contribution in [0.3, 0.4) is 0 Å². The largest absolute Gasteiger partial charge is 0.406 e. The molecule has 0 aliphatic carbocycles. The molecular formula is C12H21N5O2. The molecule has 7 heteroatoms. The second-order valence-electron chi connectivity index (χ2n) is 5.41. The molecule has 1 aliphatic heterocycles. The number of imidazole rings is 1. The van der Waals surface area contributed by atoms with E-state index in [4.69, 9.17) is 0 Å². The zero-order valence-electron chi connectivity index (χ0n) is 11.7. The first-order valence-electron chi connectivity index (χ1n) is 6.62. The molecule has 0 radical (unpaired) electrons. The van der Waals surface area contributed by atoms with Gasteiger partial charge >= 0.3 is 5.82 Å².